The quantitative estimate of drug-likeness (QED) is 0.0197. The highest BCUT2D eigenvalue weighted by atomic mass is 31.2. The molecule has 2 N–H and O–H groups in total. The summed E-state index contributed by atoms with van der Waals surface area (Å²) >= 11 is 0. The fraction of sp³-hybridized carbons (Fsp3) is 0.790. The summed E-state index contributed by atoms with van der Waals surface area (Å²) in [6, 6.07) is 0. The highest BCUT2D eigenvalue weighted by Gasteiger charge is 2.28. The van der Waals surface area contributed by atoms with Gasteiger partial charge in [0.1, 0.15) is 12.7 Å². The smallest absolute Gasteiger partial charge is 0.462 e. The standard InChI is InChI=1S/C62H111O11P/c1-4-7-10-13-16-19-22-25-27-29-31-34-37-40-43-46-49-52-61(65)72-58(54-63)56-70-74(67,68)71-57-59(55-69-60(64)51-48-45-42-39-36-33-24-21-18-15-12-9-6-3)73-62(66)53-50-47-44-41-38-35-32-30-28-26-23-20-17-14-11-8-5-2/h9,12,18,21,26,28,33,36,42,45,58-59,63H,4-8,10-11,13-17,19-20,22-25,27,29-32,34-35,37-41,43-44,46-57H2,1-3H3,(H,67,68)/b12-9-,21-18-,28-26-,36-33-,45-42-. The second-order valence-corrected chi connectivity index (χ2v) is 21.6. The predicted octanol–water partition coefficient (Wildman–Crippen LogP) is 17.9. The average molecular weight is 1060 g/mol. The molecule has 0 fully saturated rings. The number of carbonyl (C=O) groups is 3. The van der Waals surface area contributed by atoms with E-state index in [1.165, 1.54) is 141 Å². The first-order chi connectivity index (χ1) is 36.2. The molecule has 3 atom stereocenters. The molecule has 0 saturated carbocycles. The number of hydrogen-bond donors (Lipinski definition) is 2. The summed E-state index contributed by atoms with van der Waals surface area (Å²) < 4.78 is 39.5. The largest absolute Gasteiger partial charge is 0.472 e. The van der Waals surface area contributed by atoms with Crippen LogP contribution in [0, 0.1) is 0 Å². The van der Waals surface area contributed by atoms with Crippen molar-refractivity contribution < 1.29 is 52.2 Å². The maximum absolute atomic E-state index is 12.9. The van der Waals surface area contributed by atoms with Crippen LogP contribution < -0.4 is 0 Å². The molecule has 0 aliphatic heterocycles. The van der Waals surface area contributed by atoms with Crippen LogP contribution in [0.3, 0.4) is 0 Å². The number of unbranched alkanes of at least 4 members (excludes halogenated alkanes) is 29. The Balaban J connectivity index is 4.71. The molecule has 74 heavy (non-hydrogen) atoms. The molecule has 0 aliphatic carbocycles. The molecular weight excluding hydrogens is 952 g/mol. The Morgan fingerprint density at radius 3 is 1.14 bits per heavy atom. The van der Waals surface area contributed by atoms with E-state index in [9.17, 15) is 28.9 Å². The summed E-state index contributed by atoms with van der Waals surface area (Å²) in [6.45, 7) is 4.48. The second kappa shape index (κ2) is 56.4. The van der Waals surface area contributed by atoms with Crippen molar-refractivity contribution in [1.29, 1.82) is 0 Å². The summed E-state index contributed by atoms with van der Waals surface area (Å²) in [7, 11) is -4.76. The van der Waals surface area contributed by atoms with E-state index < -0.39 is 57.8 Å². The molecule has 0 saturated heterocycles. The molecule has 11 nitrogen and oxygen atoms in total. The topological polar surface area (TPSA) is 155 Å². The zero-order chi connectivity index (χ0) is 54.1. The van der Waals surface area contributed by atoms with E-state index in [0.717, 1.165) is 77.0 Å². The van der Waals surface area contributed by atoms with Crippen molar-refractivity contribution in [3.8, 4) is 0 Å². The fourth-order valence-electron chi connectivity index (χ4n) is 8.37. The Bertz CT molecular complexity index is 1470. The minimum Gasteiger partial charge on any atom is -0.462 e. The molecule has 0 aromatic rings. The normalized spacial score (nSPS) is 13.7. The number of rotatable bonds is 56. The van der Waals surface area contributed by atoms with Gasteiger partial charge in [-0.15, -0.1) is 0 Å². The third-order valence-corrected chi connectivity index (χ3v) is 13.9. The zero-order valence-corrected chi connectivity index (χ0v) is 48.5. The highest BCUT2D eigenvalue weighted by molar-refractivity contribution is 7.47. The van der Waals surface area contributed by atoms with Gasteiger partial charge in [-0.25, -0.2) is 4.57 Å². The molecule has 0 radical (unpaired) electrons. The monoisotopic (exact) mass is 1060 g/mol. The summed E-state index contributed by atoms with van der Waals surface area (Å²) in [4.78, 5) is 48.5. The number of allylic oxidation sites excluding steroid dienone is 10. The first-order valence-electron chi connectivity index (χ1n) is 30.2. The van der Waals surface area contributed by atoms with Crippen LogP contribution in [0.15, 0.2) is 60.8 Å². The number of aliphatic hydroxyl groups excluding tert-OH is 1. The molecular formula is C62H111O11P. The lowest BCUT2D eigenvalue weighted by molar-refractivity contribution is -0.161. The van der Waals surface area contributed by atoms with Crippen molar-refractivity contribution >= 4 is 25.7 Å². The third-order valence-electron chi connectivity index (χ3n) is 12.9. The van der Waals surface area contributed by atoms with Gasteiger partial charge in [0.15, 0.2) is 6.10 Å². The van der Waals surface area contributed by atoms with E-state index in [2.05, 4.69) is 69.4 Å². The van der Waals surface area contributed by atoms with E-state index in [4.69, 9.17) is 23.3 Å². The minimum absolute atomic E-state index is 0.105. The third kappa shape index (κ3) is 54.0. The Hall–Kier alpha value is -2.82. The number of esters is 3. The number of aliphatic hydroxyl groups is 1. The number of carbonyl (C=O) groups excluding carboxylic acids is 3. The lowest BCUT2D eigenvalue weighted by Crippen LogP contribution is -2.30. The molecule has 12 heteroatoms. The lowest BCUT2D eigenvalue weighted by Gasteiger charge is -2.21. The molecule has 0 bridgehead atoms. The van der Waals surface area contributed by atoms with Crippen LogP contribution in [-0.4, -0.2) is 66.5 Å². The van der Waals surface area contributed by atoms with Gasteiger partial charge in [-0.1, -0.05) is 248 Å². The Labute approximate surface area is 453 Å². The summed E-state index contributed by atoms with van der Waals surface area (Å²) in [6.07, 6.45) is 62.0. The maximum atomic E-state index is 12.9. The molecule has 430 valence electrons. The number of phosphoric ester groups is 1. The number of phosphoric acid groups is 1. The molecule has 0 aliphatic rings. The van der Waals surface area contributed by atoms with E-state index in [1.807, 2.05) is 12.2 Å². The van der Waals surface area contributed by atoms with Gasteiger partial charge in [0.2, 0.25) is 0 Å². The average Bonchev–Trinajstić information content (AvgIpc) is 3.39. The number of ether oxygens (including phenoxy) is 3. The molecule has 0 aromatic heterocycles. The van der Waals surface area contributed by atoms with Gasteiger partial charge in [0, 0.05) is 19.3 Å². The second-order valence-electron chi connectivity index (χ2n) is 20.1. The van der Waals surface area contributed by atoms with Gasteiger partial charge >= 0.3 is 25.7 Å². The number of hydrogen-bond acceptors (Lipinski definition) is 10. The van der Waals surface area contributed by atoms with Crippen LogP contribution in [0.25, 0.3) is 0 Å². The molecule has 0 amide bonds. The van der Waals surface area contributed by atoms with Crippen LogP contribution in [0.1, 0.15) is 278 Å². The zero-order valence-electron chi connectivity index (χ0n) is 47.6. The van der Waals surface area contributed by atoms with E-state index >= 15 is 0 Å². The van der Waals surface area contributed by atoms with Crippen molar-refractivity contribution in [2.45, 2.75) is 290 Å². The maximum Gasteiger partial charge on any atom is 0.472 e. The van der Waals surface area contributed by atoms with E-state index in [0.29, 0.717) is 19.3 Å². The first-order valence-corrected chi connectivity index (χ1v) is 31.7. The first kappa shape index (κ1) is 71.2. The Kier molecular flexibility index (Phi) is 54.2. The van der Waals surface area contributed by atoms with E-state index in [1.54, 1.807) is 0 Å². The van der Waals surface area contributed by atoms with Crippen LogP contribution in [0.5, 0.6) is 0 Å². The lowest BCUT2D eigenvalue weighted by atomic mass is 10.0. The SMILES string of the molecule is CC/C=C\C/C=C\C/C=C\C/C=C\CCC(=O)OCC(COP(=O)(O)OCC(CO)OC(=O)CCCCCCCCCCCCCCCCCCC)OC(=O)CCCCCCCCC/C=C\CCCCCCCC. The van der Waals surface area contributed by atoms with Crippen LogP contribution in [0.2, 0.25) is 0 Å². The molecule has 0 spiro atoms. The van der Waals surface area contributed by atoms with Crippen molar-refractivity contribution in [2.75, 3.05) is 26.4 Å². The van der Waals surface area contributed by atoms with Crippen molar-refractivity contribution in [1.82, 2.24) is 0 Å². The van der Waals surface area contributed by atoms with E-state index in [-0.39, 0.29) is 25.9 Å². The minimum atomic E-state index is -4.76. The van der Waals surface area contributed by atoms with Gasteiger partial charge in [-0.3, -0.25) is 23.4 Å². The Morgan fingerprint density at radius 1 is 0.392 bits per heavy atom. The molecule has 0 rings (SSSR count). The summed E-state index contributed by atoms with van der Waals surface area (Å²) in [5.41, 5.74) is 0. The van der Waals surface area contributed by atoms with Crippen LogP contribution >= 0.6 is 7.82 Å². The van der Waals surface area contributed by atoms with Crippen LogP contribution in [-0.2, 0) is 42.2 Å². The summed E-state index contributed by atoms with van der Waals surface area (Å²) in [5, 5.41) is 9.83. The van der Waals surface area contributed by atoms with Gasteiger partial charge in [-0.2, -0.15) is 0 Å². The molecule has 0 aromatic carbocycles. The molecule has 0 heterocycles. The van der Waals surface area contributed by atoms with Crippen molar-refractivity contribution in [3.63, 3.8) is 0 Å². The van der Waals surface area contributed by atoms with Crippen molar-refractivity contribution in [2.24, 2.45) is 0 Å². The predicted molar refractivity (Wildman–Crippen MR) is 307 cm³/mol. The summed E-state index contributed by atoms with van der Waals surface area (Å²) in [5.74, 6) is -1.55. The molecule has 3 unspecified atom stereocenters. The van der Waals surface area contributed by atoms with Gasteiger partial charge in [-0.05, 0) is 70.6 Å². The van der Waals surface area contributed by atoms with Crippen molar-refractivity contribution in [3.05, 3.63) is 60.8 Å². The Morgan fingerprint density at radius 2 is 0.730 bits per heavy atom. The highest BCUT2D eigenvalue weighted by Crippen LogP contribution is 2.43. The van der Waals surface area contributed by atoms with Gasteiger partial charge < -0.3 is 24.2 Å². The fourth-order valence-corrected chi connectivity index (χ4v) is 9.15. The van der Waals surface area contributed by atoms with Crippen LogP contribution in [0.4, 0.5) is 0 Å². The van der Waals surface area contributed by atoms with Gasteiger partial charge in [0.05, 0.1) is 19.8 Å². The van der Waals surface area contributed by atoms with Gasteiger partial charge in [0.25, 0.3) is 0 Å².